The molecular formula is C16H17N3O3. The molecule has 114 valence electrons. The highest BCUT2D eigenvalue weighted by atomic mass is 16.5. The summed E-state index contributed by atoms with van der Waals surface area (Å²) in [4.78, 5) is 25.2. The van der Waals surface area contributed by atoms with Gasteiger partial charge in [-0.3, -0.25) is 9.59 Å². The molecule has 6 heteroatoms. The van der Waals surface area contributed by atoms with E-state index >= 15 is 0 Å². The highest BCUT2D eigenvalue weighted by Gasteiger charge is 2.30. The van der Waals surface area contributed by atoms with Crippen molar-refractivity contribution in [2.24, 2.45) is 0 Å². The van der Waals surface area contributed by atoms with Crippen molar-refractivity contribution >= 4 is 5.91 Å². The molecule has 1 aliphatic rings. The van der Waals surface area contributed by atoms with Crippen LogP contribution in [0.2, 0.25) is 0 Å². The Morgan fingerprint density at radius 2 is 2.14 bits per heavy atom. The van der Waals surface area contributed by atoms with Gasteiger partial charge < -0.3 is 9.64 Å². The van der Waals surface area contributed by atoms with Gasteiger partial charge >= 0.3 is 0 Å². The molecule has 0 saturated carbocycles. The van der Waals surface area contributed by atoms with Crippen molar-refractivity contribution in [3.8, 4) is 5.75 Å². The topological polar surface area (TPSA) is 75.3 Å². The van der Waals surface area contributed by atoms with Crippen molar-refractivity contribution in [3.63, 3.8) is 0 Å². The molecule has 22 heavy (non-hydrogen) atoms. The Kier molecular flexibility index (Phi) is 3.91. The number of para-hydroxylation sites is 1. The summed E-state index contributed by atoms with van der Waals surface area (Å²) in [5, 5.41) is 6.09. The first-order chi connectivity index (χ1) is 10.7. The molecule has 1 amide bonds. The summed E-state index contributed by atoms with van der Waals surface area (Å²) in [6, 6.07) is 10.7. The lowest BCUT2D eigenvalue weighted by Crippen LogP contribution is -2.30. The molecule has 0 spiro atoms. The largest absolute Gasteiger partial charge is 0.496 e. The average molecular weight is 299 g/mol. The fourth-order valence-corrected chi connectivity index (χ4v) is 2.83. The number of aromatic amines is 1. The van der Waals surface area contributed by atoms with Crippen LogP contribution in [0.3, 0.4) is 0 Å². The Hall–Kier alpha value is -2.63. The normalized spacial score (nSPS) is 17.5. The van der Waals surface area contributed by atoms with E-state index in [-0.39, 0.29) is 23.1 Å². The smallest absolute Gasteiger partial charge is 0.274 e. The summed E-state index contributed by atoms with van der Waals surface area (Å²) >= 11 is 0. The Morgan fingerprint density at radius 3 is 2.86 bits per heavy atom. The maximum Gasteiger partial charge on any atom is 0.274 e. The summed E-state index contributed by atoms with van der Waals surface area (Å²) in [6.07, 6.45) is 0.884. The summed E-state index contributed by atoms with van der Waals surface area (Å²) in [5.41, 5.74) is 1.07. The maximum atomic E-state index is 12.4. The van der Waals surface area contributed by atoms with Gasteiger partial charge in [-0.1, -0.05) is 18.2 Å². The van der Waals surface area contributed by atoms with Crippen LogP contribution < -0.4 is 10.3 Å². The molecule has 1 aromatic heterocycles. The van der Waals surface area contributed by atoms with Crippen molar-refractivity contribution < 1.29 is 9.53 Å². The van der Waals surface area contributed by atoms with Crippen molar-refractivity contribution in [2.75, 3.05) is 20.2 Å². The number of aromatic nitrogens is 2. The summed E-state index contributed by atoms with van der Waals surface area (Å²) in [5.74, 6) is 0.945. The van der Waals surface area contributed by atoms with Crippen LogP contribution in [-0.2, 0) is 0 Å². The summed E-state index contributed by atoms with van der Waals surface area (Å²) in [7, 11) is 1.65. The molecule has 3 rings (SSSR count). The van der Waals surface area contributed by atoms with E-state index in [1.165, 1.54) is 12.1 Å². The number of benzene rings is 1. The minimum atomic E-state index is -0.315. The van der Waals surface area contributed by atoms with E-state index in [4.69, 9.17) is 4.74 Å². The third kappa shape index (κ3) is 2.72. The van der Waals surface area contributed by atoms with Crippen LogP contribution in [0.1, 0.15) is 28.4 Å². The lowest BCUT2D eigenvalue weighted by Gasteiger charge is -2.17. The minimum absolute atomic E-state index is 0.159. The molecule has 6 nitrogen and oxygen atoms in total. The number of methoxy groups -OCH3 is 1. The van der Waals surface area contributed by atoms with Gasteiger partial charge in [-0.15, -0.1) is 0 Å². The Morgan fingerprint density at radius 1 is 1.32 bits per heavy atom. The number of likely N-dealkylation sites (tertiary alicyclic amines) is 1. The van der Waals surface area contributed by atoms with Crippen molar-refractivity contribution in [2.45, 2.75) is 12.3 Å². The number of H-pyrrole nitrogens is 1. The number of ether oxygens (including phenoxy) is 1. The molecule has 1 aliphatic heterocycles. The van der Waals surface area contributed by atoms with Crippen LogP contribution >= 0.6 is 0 Å². The quantitative estimate of drug-likeness (QED) is 0.929. The van der Waals surface area contributed by atoms with Gasteiger partial charge in [0.2, 0.25) is 0 Å². The minimum Gasteiger partial charge on any atom is -0.496 e. The van der Waals surface area contributed by atoms with Crippen LogP contribution in [0.4, 0.5) is 0 Å². The predicted molar refractivity (Wildman–Crippen MR) is 81.1 cm³/mol. The first kappa shape index (κ1) is 14.3. The van der Waals surface area contributed by atoms with Gasteiger partial charge in [0.25, 0.3) is 11.5 Å². The Labute approximate surface area is 127 Å². The Bertz CT molecular complexity index is 721. The SMILES string of the molecule is COc1ccccc1C1CCN(C(=O)c2ccc(=O)[nH]n2)C1. The van der Waals surface area contributed by atoms with Crippen LogP contribution in [0.15, 0.2) is 41.2 Å². The van der Waals surface area contributed by atoms with Crippen LogP contribution in [0, 0.1) is 0 Å². The number of rotatable bonds is 3. The standard InChI is InChI=1S/C16H17N3O3/c1-22-14-5-3-2-4-12(14)11-8-9-19(10-11)16(21)13-6-7-15(20)18-17-13/h2-7,11H,8-10H2,1H3,(H,18,20). The second-order valence-electron chi connectivity index (χ2n) is 5.29. The fourth-order valence-electron chi connectivity index (χ4n) is 2.83. The first-order valence-electron chi connectivity index (χ1n) is 7.17. The van der Waals surface area contributed by atoms with Crippen molar-refractivity contribution in [3.05, 3.63) is 58.0 Å². The highest BCUT2D eigenvalue weighted by molar-refractivity contribution is 5.92. The fraction of sp³-hybridized carbons (Fsp3) is 0.312. The van der Waals surface area contributed by atoms with E-state index in [0.717, 1.165) is 17.7 Å². The molecule has 1 N–H and O–H groups in total. The molecule has 1 saturated heterocycles. The van der Waals surface area contributed by atoms with E-state index in [1.54, 1.807) is 12.0 Å². The number of hydrogen-bond donors (Lipinski definition) is 1. The van der Waals surface area contributed by atoms with E-state index < -0.39 is 0 Å². The molecule has 0 aliphatic carbocycles. The first-order valence-corrected chi connectivity index (χ1v) is 7.17. The van der Waals surface area contributed by atoms with Gasteiger partial charge in [-0.05, 0) is 24.1 Å². The second-order valence-corrected chi connectivity index (χ2v) is 5.29. The third-order valence-corrected chi connectivity index (χ3v) is 3.95. The van der Waals surface area contributed by atoms with Gasteiger partial charge in [0, 0.05) is 25.1 Å². The second kappa shape index (κ2) is 6.01. The number of hydrogen-bond acceptors (Lipinski definition) is 4. The summed E-state index contributed by atoms with van der Waals surface area (Å²) in [6.45, 7) is 1.29. The maximum absolute atomic E-state index is 12.4. The molecule has 2 aromatic rings. The zero-order chi connectivity index (χ0) is 15.5. The lowest BCUT2D eigenvalue weighted by atomic mass is 9.97. The molecule has 1 unspecified atom stereocenters. The number of carbonyl (C=O) groups excluding carboxylic acids is 1. The number of nitrogens with zero attached hydrogens (tertiary/aromatic N) is 2. The molecule has 0 radical (unpaired) electrons. The van der Waals surface area contributed by atoms with Crippen molar-refractivity contribution in [1.29, 1.82) is 0 Å². The van der Waals surface area contributed by atoms with Crippen molar-refractivity contribution in [1.82, 2.24) is 15.1 Å². The molecule has 1 atom stereocenters. The number of nitrogens with one attached hydrogen (secondary N) is 1. The van der Waals surface area contributed by atoms with E-state index in [1.807, 2.05) is 24.3 Å². The van der Waals surface area contributed by atoms with Gasteiger partial charge in [-0.25, -0.2) is 5.10 Å². The van der Waals surface area contributed by atoms with E-state index in [9.17, 15) is 9.59 Å². The van der Waals surface area contributed by atoms with Gasteiger partial charge in [0.15, 0.2) is 0 Å². The van der Waals surface area contributed by atoms with Gasteiger partial charge in [0.05, 0.1) is 7.11 Å². The third-order valence-electron chi connectivity index (χ3n) is 3.95. The zero-order valence-electron chi connectivity index (χ0n) is 12.3. The van der Waals surface area contributed by atoms with Gasteiger partial charge in [0.1, 0.15) is 11.4 Å². The lowest BCUT2D eigenvalue weighted by molar-refractivity contribution is 0.0783. The monoisotopic (exact) mass is 299 g/mol. The average Bonchev–Trinajstić information content (AvgIpc) is 3.04. The van der Waals surface area contributed by atoms with E-state index in [0.29, 0.717) is 13.1 Å². The van der Waals surface area contributed by atoms with Crippen LogP contribution in [0.5, 0.6) is 5.75 Å². The molecular weight excluding hydrogens is 282 g/mol. The molecule has 1 fully saturated rings. The zero-order valence-corrected chi connectivity index (χ0v) is 12.3. The summed E-state index contributed by atoms with van der Waals surface area (Å²) < 4.78 is 5.40. The molecule has 2 heterocycles. The highest BCUT2D eigenvalue weighted by Crippen LogP contribution is 2.33. The molecule has 1 aromatic carbocycles. The van der Waals surface area contributed by atoms with Crippen LogP contribution in [0.25, 0.3) is 0 Å². The van der Waals surface area contributed by atoms with E-state index in [2.05, 4.69) is 10.2 Å². The predicted octanol–water partition coefficient (Wildman–Crippen LogP) is 1.41. The van der Waals surface area contributed by atoms with Gasteiger partial charge in [-0.2, -0.15) is 5.10 Å². The molecule has 0 bridgehead atoms. The number of amides is 1. The Balaban J connectivity index is 1.76. The number of carbonyl (C=O) groups is 1. The van der Waals surface area contributed by atoms with Crippen LogP contribution in [-0.4, -0.2) is 41.2 Å².